The number of carbonyl (C=O) groups is 1. The summed E-state index contributed by atoms with van der Waals surface area (Å²) in [5, 5.41) is 9.31. The molecule has 0 aliphatic carbocycles. The highest BCUT2D eigenvalue weighted by Gasteiger charge is 2.20. The largest absolute Gasteiger partial charge is 0.462 e. The molecule has 3 aromatic rings. The third kappa shape index (κ3) is 2.72. The van der Waals surface area contributed by atoms with Gasteiger partial charge in [-0.05, 0) is 43.7 Å². The lowest BCUT2D eigenvalue weighted by Crippen LogP contribution is -2.10. The molecule has 0 fully saturated rings. The summed E-state index contributed by atoms with van der Waals surface area (Å²) in [4.78, 5) is 26.7. The standard InChI is InChI=1S/C18H18N2O4/c1-3-24-18(23)15-8-14-7-12(10-21)4-5-20(14)16(15)13-6-11(2)17(22)19-9-13/h4-9,21H,3,10H2,1-2H3,(H,19,22). The van der Waals surface area contributed by atoms with Gasteiger partial charge in [-0.25, -0.2) is 4.79 Å². The number of nitrogens with zero attached hydrogens (tertiary/aromatic N) is 1. The van der Waals surface area contributed by atoms with Gasteiger partial charge in [0.1, 0.15) is 0 Å². The first kappa shape index (κ1) is 16.0. The van der Waals surface area contributed by atoms with Crippen LogP contribution in [-0.4, -0.2) is 27.1 Å². The Hall–Kier alpha value is -2.86. The molecule has 6 nitrogen and oxygen atoms in total. The molecule has 0 aliphatic rings. The minimum absolute atomic E-state index is 0.0798. The maximum atomic E-state index is 12.4. The lowest BCUT2D eigenvalue weighted by molar-refractivity contribution is 0.0527. The van der Waals surface area contributed by atoms with Crippen molar-refractivity contribution in [3.63, 3.8) is 0 Å². The number of aliphatic hydroxyl groups excluding tert-OH is 1. The van der Waals surface area contributed by atoms with E-state index in [0.717, 1.165) is 11.1 Å². The fourth-order valence-electron chi connectivity index (χ4n) is 2.72. The molecule has 0 unspecified atom stereocenters. The van der Waals surface area contributed by atoms with Crippen molar-refractivity contribution in [3.05, 3.63) is 63.7 Å². The van der Waals surface area contributed by atoms with Crippen molar-refractivity contribution in [3.8, 4) is 11.3 Å². The highest BCUT2D eigenvalue weighted by Crippen LogP contribution is 2.28. The Balaban J connectivity index is 2.29. The molecular weight excluding hydrogens is 308 g/mol. The van der Waals surface area contributed by atoms with Crippen LogP contribution in [0.2, 0.25) is 0 Å². The molecule has 2 N–H and O–H groups in total. The van der Waals surface area contributed by atoms with Gasteiger partial charge >= 0.3 is 5.97 Å². The van der Waals surface area contributed by atoms with Gasteiger partial charge in [0, 0.05) is 29.0 Å². The predicted octanol–water partition coefficient (Wildman–Crippen LogP) is 2.27. The fourth-order valence-corrected chi connectivity index (χ4v) is 2.72. The molecule has 0 aromatic carbocycles. The summed E-state index contributed by atoms with van der Waals surface area (Å²) >= 11 is 0. The topological polar surface area (TPSA) is 83.8 Å². The van der Waals surface area contributed by atoms with E-state index in [2.05, 4.69) is 4.98 Å². The van der Waals surface area contributed by atoms with Crippen molar-refractivity contribution in [2.45, 2.75) is 20.5 Å². The van der Waals surface area contributed by atoms with Crippen LogP contribution in [-0.2, 0) is 11.3 Å². The molecule has 0 radical (unpaired) electrons. The Kier molecular flexibility index (Phi) is 4.22. The van der Waals surface area contributed by atoms with Gasteiger partial charge in [-0.3, -0.25) is 4.79 Å². The van der Waals surface area contributed by atoms with E-state index in [1.807, 2.05) is 10.5 Å². The number of rotatable bonds is 4. The van der Waals surface area contributed by atoms with E-state index in [1.165, 1.54) is 0 Å². The second-order valence-corrected chi connectivity index (χ2v) is 5.52. The Morgan fingerprint density at radius 1 is 1.33 bits per heavy atom. The van der Waals surface area contributed by atoms with Gasteiger partial charge in [0.25, 0.3) is 5.56 Å². The van der Waals surface area contributed by atoms with E-state index in [-0.39, 0.29) is 18.8 Å². The number of H-pyrrole nitrogens is 1. The summed E-state index contributed by atoms with van der Waals surface area (Å²) in [6, 6.07) is 7.06. The number of hydrogen-bond acceptors (Lipinski definition) is 4. The highest BCUT2D eigenvalue weighted by atomic mass is 16.5. The summed E-state index contributed by atoms with van der Waals surface area (Å²) < 4.78 is 7.00. The number of nitrogens with one attached hydrogen (secondary N) is 1. The minimum Gasteiger partial charge on any atom is -0.462 e. The molecule has 24 heavy (non-hydrogen) atoms. The molecule has 124 valence electrons. The van der Waals surface area contributed by atoms with Crippen LogP contribution in [0.15, 0.2) is 41.5 Å². The van der Waals surface area contributed by atoms with Crippen LogP contribution in [0.25, 0.3) is 16.8 Å². The van der Waals surface area contributed by atoms with Gasteiger partial charge in [-0.1, -0.05) is 0 Å². The molecule has 0 aliphatic heterocycles. The van der Waals surface area contributed by atoms with Gasteiger partial charge < -0.3 is 19.2 Å². The third-order valence-corrected chi connectivity index (χ3v) is 3.88. The summed E-state index contributed by atoms with van der Waals surface area (Å²) in [6.07, 6.45) is 3.37. The van der Waals surface area contributed by atoms with E-state index in [4.69, 9.17) is 4.74 Å². The summed E-state index contributed by atoms with van der Waals surface area (Å²) in [5.74, 6) is -0.425. The van der Waals surface area contributed by atoms with Crippen LogP contribution in [0.3, 0.4) is 0 Å². The first-order valence-electron chi connectivity index (χ1n) is 7.66. The number of aromatic nitrogens is 2. The summed E-state index contributed by atoms with van der Waals surface area (Å²) in [7, 11) is 0. The van der Waals surface area contributed by atoms with Gasteiger partial charge in [0.2, 0.25) is 0 Å². The first-order valence-corrected chi connectivity index (χ1v) is 7.66. The molecular formula is C18H18N2O4. The zero-order chi connectivity index (χ0) is 17.3. The second kappa shape index (κ2) is 6.33. The average Bonchev–Trinajstić information content (AvgIpc) is 2.96. The SMILES string of the molecule is CCOC(=O)c1cc2cc(CO)ccn2c1-c1c[nH]c(=O)c(C)c1. The van der Waals surface area contributed by atoms with Crippen molar-refractivity contribution < 1.29 is 14.6 Å². The summed E-state index contributed by atoms with van der Waals surface area (Å²) in [6.45, 7) is 3.66. The zero-order valence-electron chi connectivity index (χ0n) is 13.5. The van der Waals surface area contributed by atoms with Crippen LogP contribution in [0.1, 0.15) is 28.4 Å². The quantitative estimate of drug-likeness (QED) is 0.720. The van der Waals surface area contributed by atoms with Crippen LogP contribution in [0.5, 0.6) is 0 Å². The lowest BCUT2D eigenvalue weighted by atomic mass is 10.1. The first-order chi connectivity index (χ1) is 11.5. The van der Waals surface area contributed by atoms with Crippen LogP contribution >= 0.6 is 0 Å². The number of aryl methyl sites for hydroxylation is 1. The number of pyridine rings is 2. The van der Waals surface area contributed by atoms with Crippen LogP contribution in [0.4, 0.5) is 0 Å². The third-order valence-electron chi connectivity index (χ3n) is 3.88. The second-order valence-electron chi connectivity index (χ2n) is 5.52. The predicted molar refractivity (Wildman–Crippen MR) is 90.1 cm³/mol. The molecule has 0 saturated heterocycles. The molecule has 0 amide bonds. The Morgan fingerprint density at radius 2 is 2.12 bits per heavy atom. The molecule has 3 rings (SSSR count). The molecule has 0 saturated carbocycles. The van der Waals surface area contributed by atoms with Crippen molar-refractivity contribution in [2.75, 3.05) is 6.61 Å². The number of aliphatic hydroxyl groups is 1. The van der Waals surface area contributed by atoms with Crippen molar-refractivity contribution in [1.29, 1.82) is 0 Å². The van der Waals surface area contributed by atoms with Gasteiger partial charge in [0.05, 0.1) is 24.5 Å². The number of esters is 1. The molecule has 6 heteroatoms. The number of ether oxygens (including phenoxy) is 1. The van der Waals surface area contributed by atoms with E-state index >= 15 is 0 Å². The average molecular weight is 326 g/mol. The van der Waals surface area contributed by atoms with E-state index in [9.17, 15) is 14.7 Å². The minimum atomic E-state index is -0.425. The Morgan fingerprint density at radius 3 is 2.79 bits per heavy atom. The summed E-state index contributed by atoms with van der Waals surface area (Å²) in [5.41, 5.74) is 3.68. The lowest BCUT2D eigenvalue weighted by Gasteiger charge is -2.08. The van der Waals surface area contributed by atoms with Gasteiger partial charge in [0.15, 0.2) is 0 Å². The number of carbonyl (C=O) groups excluding carboxylic acids is 1. The number of fused-ring (bicyclic) bond motifs is 1. The molecule has 0 atom stereocenters. The fraction of sp³-hybridized carbons (Fsp3) is 0.222. The maximum Gasteiger partial charge on any atom is 0.340 e. The van der Waals surface area contributed by atoms with Crippen LogP contribution in [0, 0.1) is 6.92 Å². The Labute approximate surface area is 138 Å². The normalized spacial score (nSPS) is 11.0. The van der Waals surface area contributed by atoms with E-state index in [0.29, 0.717) is 22.4 Å². The maximum absolute atomic E-state index is 12.4. The van der Waals surface area contributed by atoms with E-state index < -0.39 is 5.97 Å². The van der Waals surface area contributed by atoms with Crippen molar-refractivity contribution in [1.82, 2.24) is 9.38 Å². The Bertz CT molecular complexity index is 969. The monoisotopic (exact) mass is 326 g/mol. The molecule has 0 spiro atoms. The smallest absolute Gasteiger partial charge is 0.340 e. The number of aromatic amines is 1. The molecule has 0 bridgehead atoms. The van der Waals surface area contributed by atoms with Gasteiger partial charge in [-0.2, -0.15) is 0 Å². The van der Waals surface area contributed by atoms with E-state index in [1.54, 1.807) is 44.4 Å². The van der Waals surface area contributed by atoms with Crippen LogP contribution < -0.4 is 5.56 Å². The highest BCUT2D eigenvalue weighted by molar-refractivity contribution is 5.99. The molecule has 3 heterocycles. The number of hydrogen-bond donors (Lipinski definition) is 2. The van der Waals surface area contributed by atoms with Gasteiger partial charge in [-0.15, -0.1) is 0 Å². The van der Waals surface area contributed by atoms with Crippen molar-refractivity contribution in [2.24, 2.45) is 0 Å². The zero-order valence-corrected chi connectivity index (χ0v) is 13.5. The molecule has 3 aromatic heterocycles. The van der Waals surface area contributed by atoms with Crippen molar-refractivity contribution >= 4 is 11.5 Å².